The van der Waals surface area contributed by atoms with Gasteiger partial charge in [0, 0.05) is 12.0 Å². The van der Waals surface area contributed by atoms with Gasteiger partial charge in [-0.05, 0) is 37.8 Å². The minimum Gasteiger partial charge on any atom is -0.294 e. The molecule has 1 heteroatoms. The fourth-order valence-electron chi connectivity index (χ4n) is 2.13. The van der Waals surface area contributed by atoms with Crippen molar-refractivity contribution >= 4 is 11.4 Å². The Bertz CT molecular complexity index is 427. The Labute approximate surface area is 90.8 Å². The summed E-state index contributed by atoms with van der Waals surface area (Å²) in [5.41, 5.74) is 4.50. The lowest BCUT2D eigenvalue weighted by Gasteiger charge is -2.14. The van der Waals surface area contributed by atoms with Gasteiger partial charge in [0.1, 0.15) is 0 Å². The summed E-state index contributed by atoms with van der Waals surface area (Å²) in [6, 6.07) is 6.28. The van der Waals surface area contributed by atoms with Crippen molar-refractivity contribution in [1.82, 2.24) is 0 Å². The van der Waals surface area contributed by atoms with Gasteiger partial charge in [-0.15, -0.1) is 0 Å². The van der Waals surface area contributed by atoms with Gasteiger partial charge in [-0.3, -0.25) is 4.79 Å². The number of Topliss-reactive ketones (excluding diaryl/α,β-unsaturated/α-hetero) is 1. The molecule has 1 aromatic rings. The number of aryl methyl sites for hydroxylation is 2. The lowest BCUT2D eigenvalue weighted by molar-refractivity contribution is -0.114. The molecule has 1 nitrogen and oxygen atoms in total. The molecule has 0 N–H and O–H groups in total. The van der Waals surface area contributed by atoms with E-state index in [1.54, 1.807) is 0 Å². The van der Waals surface area contributed by atoms with Gasteiger partial charge in [-0.2, -0.15) is 0 Å². The van der Waals surface area contributed by atoms with Gasteiger partial charge in [0.2, 0.25) is 0 Å². The summed E-state index contributed by atoms with van der Waals surface area (Å²) in [5, 5.41) is 0. The Morgan fingerprint density at radius 2 is 2.00 bits per heavy atom. The van der Waals surface area contributed by atoms with Crippen LogP contribution < -0.4 is 0 Å². The summed E-state index contributed by atoms with van der Waals surface area (Å²) in [4.78, 5) is 11.8. The van der Waals surface area contributed by atoms with E-state index in [9.17, 15) is 4.79 Å². The number of ketones is 1. The fraction of sp³-hybridized carbons (Fsp3) is 0.357. The molecule has 0 fully saturated rings. The van der Waals surface area contributed by atoms with Crippen LogP contribution in [0.4, 0.5) is 0 Å². The van der Waals surface area contributed by atoms with Crippen LogP contribution >= 0.6 is 0 Å². The van der Waals surface area contributed by atoms with Crippen LogP contribution in [0.5, 0.6) is 0 Å². The topological polar surface area (TPSA) is 17.1 Å². The van der Waals surface area contributed by atoms with Gasteiger partial charge < -0.3 is 0 Å². The maximum absolute atomic E-state index is 11.8. The molecule has 0 aromatic heterocycles. The Morgan fingerprint density at radius 1 is 1.20 bits per heavy atom. The molecule has 1 aliphatic rings. The molecule has 15 heavy (non-hydrogen) atoms. The van der Waals surface area contributed by atoms with Crippen molar-refractivity contribution < 1.29 is 4.79 Å². The first-order chi connectivity index (χ1) is 7.18. The molecule has 0 radical (unpaired) electrons. The van der Waals surface area contributed by atoms with Crippen molar-refractivity contribution in [2.75, 3.05) is 0 Å². The summed E-state index contributed by atoms with van der Waals surface area (Å²) in [6.07, 6.45) is 4.84. The summed E-state index contributed by atoms with van der Waals surface area (Å²) in [6.45, 7) is 4.15. The first-order valence-corrected chi connectivity index (χ1v) is 5.49. The molecule has 0 bridgehead atoms. The lowest BCUT2D eigenvalue weighted by Crippen LogP contribution is -2.07. The average Bonchev–Trinajstić information content (AvgIpc) is 2.20. The molecule has 0 amide bonds. The minimum atomic E-state index is 0.299. The molecule has 0 heterocycles. The smallest absolute Gasteiger partial charge is 0.163 e. The average molecular weight is 200 g/mol. The molecule has 78 valence electrons. The van der Waals surface area contributed by atoms with E-state index in [1.165, 1.54) is 11.1 Å². The van der Waals surface area contributed by atoms with Gasteiger partial charge in [0.25, 0.3) is 0 Å². The zero-order valence-corrected chi connectivity index (χ0v) is 9.34. The van der Waals surface area contributed by atoms with Crippen LogP contribution in [0.25, 0.3) is 5.57 Å². The molecule has 0 unspecified atom stereocenters. The summed E-state index contributed by atoms with van der Waals surface area (Å²) >= 11 is 0. The van der Waals surface area contributed by atoms with Crippen molar-refractivity contribution in [3.8, 4) is 0 Å². The second-order valence-electron chi connectivity index (χ2n) is 4.25. The van der Waals surface area contributed by atoms with E-state index in [2.05, 4.69) is 38.1 Å². The molecule has 0 saturated carbocycles. The number of benzene rings is 1. The van der Waals surface area contributed by atoms with Crippen LogP contribution in [0, 0.1) is 13.8 Å². The van der Waals surface area contributed by atoms with E-state index in [1.807, 2.05) is 0 Å². The third-order valence-corrected chi connectivity index (χ3v) is 2.93. The highest BCUT2D eigenvalue weighted by Crippen LogP contribution is 2.26. The van der Waals surface area contributed by atoms with E-state index >= 15 is 0 Å². The maximum atomic E-state index is 11.8. The number of allylic oxidation sites excluding steroid dienone is 2. The second kappa shape index (κ2) is 4.01. The van der Waals surface area contributed by atoms with Gasteiger partial charge in [0.05, 0.1) is 0 Å². The Balaban J connectivity index is 2.45. The molecule has 0 aliphatic heterocycles. The van der Waals surface area contributed by atoms with E-state index in [0.717, 1.165) is 24.0 Å². The highest BCUT2D eigenvalue weighted by atomic mass is 16.1. The number of carbonyl (C=O) groups excluding carboxylic acids is 1. The molecule has 0 spiro atoms. The standard InChI is InChI=1S/C14H16O/c1-10-7-8-12(11(2)9-10)13-5-3-4-6-14(13)15/h5,7-9H,3-4,6H2,1-2H3. The van der Waals surface area contributed by atoms with Gasteiger partial charge >= 0.3 is 0 Å². The molecule has 1 aliphatic carbocycles. The molecule has 2 rings (SSSR count). The van der Waals surface area contributed by atoms with E-state index in [0.29, 0.717) is 12.2 Å². The number of hydrogen-bond donors (Lipinski definition) is 0. The van der Waals surface area contributed by atoms with E-state index in [4.69, 9.17) is 0 Å². The number of carbonyl (C=O) groups is 1. The van der Waals surface area contributed by atoms with Gasteiger partial charge in [0.15, 0.2) is 5.78 Å². The predicted molar refractivity (Wildman–Crippen MR) is 62.8 cm³/mol. The van der Waals surface area contributed by atoms with Crippen LogP contribution in [-0.2, 0) is 4.79 Å². The zero-order valence-electron chi connectivity index (χ0n) is 9.34. The number of rotatable bonds is 1. The second-order valence-corrected chi connectivity index (χ2v) is 4.25. The monoisotopic (exact) mass is 200 g/mol. The molecule has 1 aromatic carbocycles. The highest BCUT2D eigenvalue weighted by molar-refractivity contribution is 6.21. The third kappa shape index (κ3) is 2.01. The SMILES string of the molecule is Cc1ccc(C2=CCCCC2=O)c(C)c1. The molecular formula is C14H16O. The van der Waals surface area contributed by atoms with Crippen LogP contribution in [0.3, 0.4) is 0 Å². The largest absolute Gasteiger partial charge is 0.294 e. The predicted octanol–water partition coefficient (Wildman–Crippen LogP) is 3.44. The minimum absolute atomic E-state index is 0.299. The van der Waals surface area contributed by atoms with Crippen LogP contribution in [-0.4, -0.2) is 5.78 Å². The van der Waals surface area contributed by atoms with Gasteiger partial charge in [-0.25, -0.2) is 0 Å². The molecule has 0 atom stereocenters. The first kappa shape index (κ1) is 10.2. The summed E-state index contributed by atoms with van der Waals surface area (Å²) in [5.74, 6) is 0.299. The van der Waals surface area contributed by atoms with E-state index in [-0.39, 0.29) is 0 Å². The Hall–Kier alpha value is -1.37. The number of hydrogen-bond acceptors (Lipinski definition) is 1. The van der Waals surface area contributed by atoms with Crippen molar-refractivity contribution in [2.45, 2.75) is 33.1 Å². The highest BCUT2D eigenvalue weighted by Gasteiger charge is 2.16. The molecular weight excluding hydrogens is 184 g/mol. The quantitative estimate of drug-likeness (QED) is 0.678. The summed E-state index contributed by atoms with van der Waals surface area (Å²) in [7, 11) is 0. The van der Waals surface area contributed by atoms with Crippen LogP contribution in [0.2, 0.25) is 0 Å². The van der Waals surface area contributed by atoms with Gasteiger partial charge in [-0.1, -0.05) is 29.8 Å². The van der Waals surface area contributed by atoms with Crippen LogP contribution in [0.1, 0.15) is 36.0 Å². The maximum Gasteiger partial charge on any atom is 0.163 e. The van der Waals surface area contributed by atoms with Crippen molar-refractivity contribution in [1.29, 1.82) is 0 Å². The lowest BCUT2D eigenvalue weighted by atomic mass is 9.89. The van der Waals surface area contributed by atoms with E-state index < -0.39 is 0 Å². The third-order valence-electron chi connectivity index (χ3n) is 2.93. The van der Waals surface area contributed by atoms with Crippen molar-refractivity contribution in [3.05, 3.63) is 41.0 Å². The van der Waals surface area contributed by atoms with Crippen molar-refractivity contribution in [2.24, 2.45) is 0 Å². The van der Waals surface area contributed by atoms with Crippen molar-refractivity contribution in [3.63, 3.8) is 0 Å². The Kier molecular flexibility index (Phi) is 2.72. The Morgan fingerprint density at radius 3 is 2.67 bits per heavy atom. The van der Waals surface area contributed by atoms with Crippen LogP contribution in [0.15, 0.2) is 24.3 Å². The first-order valence-electron chi connectivity index (χ1n) is 5.49. The summed E-state index contributed by atoms with van der Waals surface area (Å²) < 4.78 is 0. The molecule has 0 saturated heterocycles. The zero-order chi connectivity index (χ0) is 10.8. The fourth-order valence-corrected chi connectivity index (χ4v) is 2.13. The normalized spacial score (nSPS) is 16.4.